The first kappa shape index (κ1) is 17.3. The Labute approximate surface area is 129 Å². The Kier molecular flexibility index (Phi) is 6.30. The highest BCUT2D eigenvalue weighted by Gasteiger charge is 2.33. The van der Waals surface area contributed by atoms with Crippen LogP contribution in [-0.2, 0) is 4.79 Å². The molecular weight excluding hydrogens is 324 g/mol. The Hall–Kier alpha value is -0.780. The summed E-state index contributed by atoms with van der Waals surface area (Å²) in [6.45, 7) is 6.39. The van der Waals surface area contributed by atoms with E-state index < -0.39 is 6.09 Å². The van der Waals surface area contributed by atoms with E-state index in [1.807, 2.05) is 25.7 Å². The van der Waals surface area contributed by atoms with Crippen LogP contribution in [0, 0.1) is 5.41 Å². The van der Waals surface area contributed by atoms with Gasteiger partial charge in [0.15, 0.2) is 0 Å². The van der Waals surface area contributed by atoms with Gasteiger partial charge in [-0.3, -0.25) is 4.79 Å². The monoisotopic (exact) mass is 348 g/mol. The van der Waals surface area contributed by atoms with Crippen LogP contribution < -0.4 is 5.32 Å². The van der Waals surface area contributed by atoms with Crippen LogP contribution in [0.2, 0.25) is 0 Å². The van der Waals surface area contributed by atoms with Gasteiger partial charge in [-0.1, -0.05) is 49.5 Å². The highest BCUT2D eigenvalue weighted by atomic mass is 79.9. The lowest BCUT2D eigenvalue weighted by Crippen LogP contribution is -2.54. The molecule has 5 nitrogen and oxygen atoms in total. The fraction of sp³-hybridized carbons (Fsp3) is 0.857. The van der Waals surface area contributed by atoms with Gasteiger partial charge in [0, 0.05) is 12.6 Å². The van der Waals surface area contributed by atoms with Crippen LogP contribution in [0.1, 0.15) is 46.5 Å². The molecule has 1 atom stereocenters. The quantitative estimate of drug-likeness (QED) is 0.750. The molecule has 0 aromatic heterocycles. The summed E-state index contributed by atoms with van der Waals surface area (Å²) in [5.74, 6) is 0.0401. The van der Waals surface area contributed by atoms with Crippen molar-refractivity contribution in [2.75, 3.05) is 11.9 Å². The largest absolute Gasteiger partial charge is 0.465 e. The molecule has 0 heterocycles. The van der Waals surface area contributed by atoms with Crippen LogP contribution in [0.3, 0.4) is 0 Å². The van der Waals surface area contributed by atoms with Crippen LogP contribution in [0.15, 0.2) is 0 Å². The predicted molar refractivity (Wildman–Crippen MR) is 82.2 cm³/mol. The molecule has 116 valence electrons. The van der Waals surface area contributed by atoms with E-state index in [0.717, 1.165) is 25.7 Å². The number of hydrogen-bond acceptors (Lipinski definition) is 2. The van der Waals surface area contributed by atoms with E-state index in [1.165, 1.54) is 0 Å². The van der Waals surface area contributed by atoms with Gasteiger partial charge in [-0.05, 0) is 18.3 Å². The summed E-state index contributed by atoms with van der Waals surface area (Å²) in [6, 6.07) is -0.0240. The lowest BCUT2D eigenvalue weighted by Gasteiger charge is -2.37. The number of carboxylic acid groups (broad SMARTS) is 1. The van der Waals surface area contributed by atoms with Crippen molar-refractivity contribution in [2.45, 2.75) is 58.5 Å². The first-order valence-electron chi connectivity index (χ1n) is 7.10. The molecule has 0 aromatic carbocycles. The minimum atomic E-state index is -1.04. The van der Waals surface area contributed by atoms with E-state index >= 15 is 0 Å². The molecule has 6 heteroatoms. The molecule has 1 aliphatic rings. The zero-order valence-electron chi connectivity index (χ0n) is 12.5. The minimum Gasteiger partial charge on any atom is -0.465 e. The second kappa shape index (κ2) is 7.29. The van der Waals surface area contributed by atoms with Gasteiger partial charge in [0.1, 0.15) is 0 Å². The molecule has 0 aliphatic heterocycles. The topological polar surface area (TPSA) is 69.6 Å². The summed E-state index contributed by atoms with van der Waals surface area (Å²) < 4.78 is 0. The molecule has 1 unspecified atom stereocenters. The van der Waals surface area contributed by atoms with Gasteiger partial charge >= 0.3 is 6.09 Å². The highest BCUT2D eigenvalue weighted by Crippen LogP contribution is 2.27. The Morgan fingerprint density at radius 3 is 2.30 bits per heavy atom. The van der Waals surface area contributed by atoms with E-state index in [9.17, 15) is 9.59 Å². The van der Waals surface area contributed by atoms with Gasteiger partial charge in [-0.2, -0.15) is 0 Å². The summed E-state index contributed by atoms with van der Waals surface area (Å²) in [4.78, 5) is 25.0. The molecule has 0 saturated heterocycles. The summed E-state index contributed by atoms with van der Waals surface area (Å²) in [7, 11) is 0. The molecule has 2 amide bonds. The zero-order chi connectivity index (χ0) is 15.3. The third-order valence-corrected chi connectivity index (χ3v) is 4.40. The fourth-order valence-corrected chi connectivity index (χ4v) is 2.95. The van der Waals surface area contributed by atoms with E-state index in [-0.39, 0.29) is 28.7 Å². The average molecular weight is 349 g/mol. The van der Waals surface area contributed by atoms with Crippen molar-refractivity contribution in [3.05, 3.63) is 0 Å². The van der Waals surface area contributed by atoms with Gasteiger partial charge in [0.25, 0.3) is 0 Å². The van der Waals surface area contributed by atoms with Crippen molar-refractivity contribution in [3.63, 3.8) is 0 Å². The number of nitrogens with zero attached hydrogens (tertiary/aromatic N) is 1. The normalized spacial score (nSPS) is 17.8. The van der Waals surface area contributed by atoms with E-state index in [4.69, 9.17) is 5.11 Å². The molecule has 0 spiro atoms. The van der Waals surface area contributed by atoms with E-state index in [2.05, 4.69) is 21.2 Å². The number of carbonyl (C=O) groups is 2. The van der Waals surface area contributed by atoms with Gasteiger partial charge in [0.2, 0.25) is 5.91 Å². The molecule has 1 rings (SSSR count). The number of carbonyl (C=O) groups excluding carboxylic acids is 1. The molecule has 2 N–H and O–H groups in total. The maximum absolute atomic E-state index is 12.2. The van der Waals surface area contributed by atoms with Crippen molar-refractivity contribution in [1.29, 1.82) is 0 Å². The Morgan fingerprint density at radius 1 is 1.35 bits per heavy atom. The number of halogens is 1. The van der Waals surface area contributed by atoms with Crippen LogP contribution in [-0.4, -0.2) is 46.0 Å². The predicted octanol–water partition coefficient (Wildman–Crippen LogP) is 2.83. The van der Waals surface area contributed by atoms with Crippen molar-refractivity contribution < 1.29 is 14.7 Å². The average Bonchev–Trinajstić information content (AvgIpc) is 2.85. The molecule has 0 radical (unpaired) electrons. The van der Waals surface area contributed by atoms with Crippen molar-refractivity contribution >= 4 is 27.9 Å². The molecule has 0 aromatic rings. The molecule has 1 fully saturated rings. The fourth-order valence-electron chi connectivity index (χ4n) is 2.63. The first-order valence-corrected chi connectivity index (χ1v) is 8.22. The lowest BCUT2D eigenvalue weighted by atomic mass is 9.86. The Morgan fingerprint density at radius 2 is 1.90 bits per heavy atom. The third kappa shape index (κ3) is 4.96. The van der Waals surface area contributed by atoms with Gasteiger partial charge < -0.3 is 15.3 Å². The minimum absolute atomic E-state index is 0.0401. The number of amides is 2. The summed E-state index contributed by atoms with van der Waals surface area (Å²) in [6.07, 6.45) is 3.28. The number of hydrogen-bond donors (Lipinski definition) is 2. The van der Waals surface area contributed by atoms with Crippen molar-refractivity contribution in [3.8, 4) is 0 Å². The van der Waals surface area contributed by atoms with E-state index in [0.29, 0.717) is 6.54 Å². The number of rotatable bonds is 5. The standard InChI is InChI=1S/C14H25BrN2O3/c1-14(2,3)11(16-13(19)20)9-17(12(18)8-15)10-6-4-5-7-10/h10-11,16H,4-9H2,1-3H3,(H,19,20). The Bertz CT molecular complexity index is 349. The van der Waals surface area contributed by atoms with Crippen LogP contribution in [0.25, 0.3) is 0 Å². The maximum atomic E-state index is 12.2. The number of alkyl halides is 1. The van der Waals surface area contributed by atoms with Crippen molar-refractivity contribution in [1.82, 2.24) is 10.2 Å². The maximum Gasteiger partial charge on any atom is 0.404 e. The van der Waals surface area contributed by atoms with Crippen LogP contribution >= 0.6 is 15.9 Å². The lowest BCUT2D eigenvalue weighted by molar-refractivity contribution is -0.131. The smallest absolute Gasteiger partial charge is 0.404 e. The van der Waals surface area contributed by atoms with Gasteiger partial charge in [-0.25, -0.2) is 4.79 Å². The molecule has 1 aliphatic carbocycles. The summed E-state index contributed by atoms with van der Waals surface area (Å²) >= 11 is 3.23. The molecule has 1 saturated carbocycles. The summed E-state index contributed by atoms with van der Waals surface area (Å²) in [5.41, 5.74) is -0.234. The zero-order valence-corrected chi connectivity index (χ0v) is 14.1. The molecular formula is C14H25BrN2O3. The second-order valence-corrected chi connectivity index (χ2v) is 7.05. The van der Waals surface area contributed by atoms with E-state index in [1.54, 1.807) is 0 Å². The SMILES string of the molecule is CC(C)(C)C(CN(C(=O)CBr)C1CCCC1)NC(=O)O. The second-order valence-electron chi connectivity index (χ2n) is 6.49. The van der Waals surface area contributed by atoms with Gasteiger partial charge in [0.05, 0.1) is 11.4 Å². The van der Waals surface area contributed by atoms with Gasteiger partial charge in [-0.15, -0.1) is 0 Å². The first-order chi connectivity index (χ1) is 9.25. The molecule has 0 bridgehead atoms. The summed E-state index contributed by atoms with van der Waals surface area (Å²) in [5, 5.41) is 11.8. The third-order valence-electron chi connectivity index (χ3n) is 3.92. The number of nitrogens with one attached hydrogen (secondary N) is 1. The van der Waals surface area contributed by atoms with Crippen molar-refractivity contribution in [2.24, 2.45) is 5.41 Å². The highest BCUT2D eigenvalue weighted by molar-refractivity contribution is 9.09. The Balaban J connectivity index is 2.83. The van der Waals surface area contributed by atoms with Crippen LogP contribution in [0.5, 0.6) is 0 Å². The van der Waals surface area contributed by atoms with Crippen LogP contribution in [0.4, 0.5) is 4.79 Å². The molecule has 20 heavy (non-hydrogen) atoms.